The van der Waals surface area contributed by atoms with Crippen molar-refractivity contribution in [2.75, 3.05) is 26.2 Å². The molecule has 2 fully saturated rings. The van der Waals surface area contributed by atoms with E-state index in [1.807, 2.05) is 0 Å². The summed E-state index contributed by atoms with van der Waals surface area (Å²) < 4.78 is 5.31. The quantitative estimate of drug-likeness (QED) is 0.632. The Hall–Kier alpha value is -2.65. The van der Waals surface area contributed by atoms with Crippen molar-refractivity contribution in [1.82, 2.24) is 14.9 Å². The fourth-order valence-electron chi connectivity index (χ4n) is 2.81. The number of rotatable bonds is 5. The normalized spacial score (nSPS) is 17.8. The molecule has 0 aromatic rings. The first-order valence-corrected chi connectivity index (χ1v) is 9.39. The molecular formula is C18H27N3O7. The summed E-state index contributed by atoms with van der Waals surface area (Å²) in [6.45, 7) is 6.98. The van der Waals surface area contributed by atoms with Gasteiger partial charge in [-0.3, -0.25) is 14.4 Å². The van der Waals surface area contributed by atoms with Crippen LogP contribution in [0.1, 0.15) is 52.9 Å². The van der Waals surface area contributed by atoms with E-state index in [9.17, 15) is 24.0 Å². The van der Waals surface area contributed by atoms with Crippen molar-refractivity contribution in [3.63, 3.8) is 0 Å². The Kier molecular flexibility index (Phi) is 6.98. The molecule has 2 heterocycles. The highest BCUT2D eigenvalue weighted by Gasteiger charge is 2.33. The van der Waals surface area contributed by atoms with Crippen LogP contribution in [0.5, 0.6) is 0 Å². The third-order valence-electron chi connectivity index (χ3n) is 4.25. The van der Waals surface area contributed by atoms with Gasteiger partial charge >= 0.3 is 12.1 Å². The van der Waals surface area contributed by atoms with E-state index in [1.54, 1.807) is 30.6 Å². The molecule has 0 N–H and O–H groups in total. The van der Waals surface area contributed by atoms with E-state index in [2.05, 4.69) is 0 Å². The number of piperazine rings is 1. The van der Waals surface area contributed by atoms with Crippen LogP contribution in [-0.2, 0) is 28.8 Å². The van der Waals surface area contributed by atoms with Crippen molar-refractivity contribution in [3.8, 4) is 0 Å². The van der Waals surface area contributed by atoms with Crippen molar-refractivity contribution in [2.24, 2.45) is 0 Å². The van der Waals surface area contributed by atoms with Crippen molar-refractivity contribution in [3.05, 3.63) is 0 Å². The summed E-state index contributed by atoms with van der Waals surface area (Å²) in [7, 11) is 0. The van der Waals surface area contributed by atoms with Crippen LogP contribution >= 0.6 is 0 Å². The molecule has 2 aliphatic rings. The number of hydroxylamine groups is 2. The number of amides is 4. The van der Waals surface area contributed by atoms with Crippen molar-refractivity contribution >= 4 is 29.8 Å². The first-order valence-electron chi connectivity index (χ1n) is 9.39. The maximum absolute atomic E-state index is 12.3. The van der Waals surface area contributed by atoms with Crippen LogP contribution in [0, 0.1) is 0 Å². The maximum Gasteiger partial charge on any atom is 0.410 e. The van der Waals surface area contributed by atoms with E-state index < -0.39 is 29.5 Å². The number of carbonyl (C=O) groups excluding carboxylic acids is 5. The van der Waals surface area contributed by atoms with Crippen LogP contribution in [0.3, 0.4) is 0 Å². The first-order chi connectivity index (χ1) is 13.1. The van der Waals surface area contributed by atoms with E-state index in [1.165, 1.54) is 0 Å². The van der Waals surface area contributed by atoms with E-state index in [0.717, 1.165) is 0 Å². The lowest BCUT2D eigenvalue weighted by molar-refractivity contribution is -0.197. The molecule has 4 amide bonds. The summed E-state index contributed by atoms with van der Waals surface area (Å²) in [5.41, 5.74) is -0.567. The topological polar surface area (TPSA) is 114 Å². The SMILES string of the molecule is CC(C)(C)OC(=O)N1CCN(C(=O)CCCC(=O)ON2C(=O)CCC2=O)CC1. The Morgan fingerprint density at radius 2 is 1.43 bits per heavy atom. The third-order valence-corrected chi connectivity index (χ3v) is 4.25. The molecule has 0 spiro atoms. The van der Waals surface area contributed by atoms with Crippen LogP contribution in [0.25, 0.3) is 0 Å². The van der Waals surface area contributed by atoms with Gasteiger partial charge in [0, 0.05) is 51.9 Å². The zero-order valence-electron chi connectivity index (χ0n) is 16.6. The molecular weight excluding hydrogens is 370 g/mol. The molecule has 10 heteroatoms. The first kappa shape index (κ1) is 21.6. The number of nitrogens with zero attached hydrogens (tertiary/aromatic N) is 3. The predicted octanol–water partition coefficient (Wildman–Crippen LogP) is 0.843. The summed E-state index contributed by atoms with van der Waals surface area (Å²) in [5.74, 6) is -1.90. The van der Waals surface area contributed by atoms with Crippen LogP contribution in [0.4, 0.5) is 4.79 Å². The molecule has 0 aliphatic carbocycles. The molecule has 0 aromatic heterocycles. The Morgan fingerprint density at radius 1 is 0.893 bits per heavy atom. The molecule has 2 rings (SSSR count). The highest BCUT2D eigenvalue weighted by molar-refractivity contribution is 6.01. The molecule has 0 aromatic carbocycles. The zero-order valence-corrected chi connectivity index (χ0v) is 16.6. The van der Waals surface area contributed by atoms with Crippen LogP contribution in [0.15, 0.2) is 0 Å². The lowest BCUT2D eigenvalue weighted by Crippen LogP contribution is -2.51. The zero-order chi connectivity index (χ0) is 20.9. The molecule has 0 bridgehead atoms. The summed E-state index contributed by atoms with van der Waals surface area (Å²) in [5, 5.41) is 0.500. The second kappa shape index (κ2) is 9.03. The number of hydrogen-bond acceptors (Lipinski definition) is 7. The third kappa shape index (κ3) is 6.21. The van der Waals surface area contributed by atoms with E-state index in [-0.39, 0.29) is 38.0 Å². The van der Waals surface area contributed by atoms with Gasteiger partial charge in [-0.25, -0.2) is 9.59 Å². The molecule has 156 valence electrons. The molecule has 2 aliphatic heterocycles. The lowest BCUT2D eigenvalue weighted by Gasteiger charge is -2.35. The lowest BCUT2D eigenvalue weighted by atomic mass is 10.2. The average molecular weight is 397 g/mol. The van der Waals surface area contributed by atoms with Crippen LogP contribution in [-0.4, -0.2) is 76.4 Å². The van der Waals surface area contributed by atoms with Gasteiger partial charge < -0.3 is 19.4 Å². The highest BCUT2D eigenvalue weighted by Crippen LogP contribution is 2.15. The van der Waals surface area contributed by atoms with Gasteiger partial charge in [-0.15, -0.1) is 5.06 Å². The fraction of sp³-hybridized carbons (Fsp3) is 0.722. The summed E-state index contributed by atoms with van der Waals surface area (Å²) in [6.07, 6.45) is 0.0117. The largest absolute Gasteiger partial charge is 0.444 e. The highest BCUT2D eigenvalue weighted by atomic mass is 16.7. The minimum Gasteiger partial charge on any atom is -0.444 e. The van der Waals surface area contributed by atoms with Gasteiger partial charge in [-0.05, 0) is 27.2 Å². The molecule has 2 saturated heterocycles. The second-order valence-corrected chi connectivity index (χ2v) is 7.75. The molecule has 0 unspecified atom stereocenters. The molecule has 28 heavy (non-hydrogen) atoms. The molecule has 0 saturated carbocycles. The smallest absolute Gasteiger partial charge is 0.410 e. The van der Waals surface area contributed by atoms with Gasteiger partial charge in [0.1, 0.15) is 5.60 Å². The summed E-state index contributed by atoms with van der Waals surface area (Å²) in [6, 6.07) is 0. The second-order valence-electron chi connectivity index (χ2n) is 7.75. The number of imide groups is 1. The van der Waals surface area contributed by atoms with Gasteiger partial charge in [-0.1, -0.05) is 0 Å². The van der Waals surface area contributed by atoms with E-state index in [4.69, 9.17) is 9.57 Å². The number of ether oxygens (including phenoxy) is 1. The van der Waals surface area contributed by atoms with Gasteiger partial charge in [0.25, 0.3) is 11.8 Å². The van der Waals surface area contributed by atoms with Gasteiger partial charge in [0.2, 0.25) is 5.91 Å². The minimum atomic E-state index is -0.717. The van der Waals surface area contributed by atoms with Gasteiger partial charge in [0.15, 0.2) is 0 Å². The minimum absolute atomic E-state index is 0.0415. The Morgan fingerprint density at radius 3 is 1.96 bits per heavy atom. The molecule has 10 nitrogen and oxygen atoms in total. The summed E-state index contributed by atoms with van der Waals surface area (Å²) >= 11 is 0. The predicted molar refractivity (Wildman–Crippen MR) is 95.4 cm³/mol. The van der Waals surface area contributed by atoms with Crippen molar-refractivity contribution < 1.29 is 33.5 Å². The monoisotopic (exact) mass is 397 g/mol. The maximum atomic E-state index is 12.3. The Bertz CT molecular complexity index is 632. The number of hydrogen-bond donors (Lipinski definition) is 0. The van der Waals surface area contributed by atoms with E-state index in [0.29, 0.717) is 31.2 Å². The van der Waals surface area contributed by atoms with Crippen molar-refractivity contribution in [1.29, 1.82) is 0 Å². The standard InChI is InChI=1S/C18H27N3O7/c1-18(2,3)27-17(26)20-11-9-19(10-12-20)13(22)5-4-6-16(25)28-21-14(23)7-8-15(21)24/h4-12H2,1-3H3. The fourth-order valence-corrected chi connectivity index (χ4v) is 2.81. The summed E-state index contributed by atoms with van der Waals surface area (Å²) in [4.78, 5) is 66.7. The Labute approximate surface area is 163 Å². The Balaban J connectivity index is 1.66. The van der Waals surface area contributed by atoms with Gasteiger partial charge in [0.05, 0.1) is 0 Å². The van der Waals surface area contributed by atoms with Crippen molar-refractivity contribution in [2.45, 2.75) is 58.5 Å². The number of carbonyl (C=O) groups is 5. The van der Waals surface area contributed by atoms with Gasteiger partial charge in [-0.2, -0.15) is 0 Å². The molecule has 0 atom stereocenters. The molecule has 0 radical (unpaired) electrons. The van der Waals surface area contributed by atoms with Crippen LogP contribution in [0.2, 0.25) is 0 Å². The van der Waals surface area contributed by atoms with E-state index >= 15 is 0 Å². The average Bonchev–Trinajstić information content (AvgIpc) is 2.92. The van der Waals surface area contributed by atoms with Crippen LogP contribution < -0.4 is 0 Å².